The van der Waals surface area contributed by atoms with E-state index in [0.29, 0.717) is 16.7 Å². The van der Waals surface area contributed by atoms with Crippen LogP contribution in [-0.2, 0) is 4.79 Å². The lowest BCUT2D eigenvalue weighted by Gasteiger charge is -2.18. The highest BCUT2D eigenvalue weighted by atomic mass is 16.5. The number of carbonyl (C=O) groups excluding carboxylic acids is 2. The molecule has 2 aromatic carbocycles. The van der Waals surface area contributed by atoms with Gasteiger partial charge in [0.25, 0.3) is 11.8 Å². The molecule has 3 rings (SSSR count). The third kappa shape index (κ3) is 2.39. The van der Waals surface area contributed by atoms with Crippen molar-refractivity contribution in [2.75, 3.05) is 7.11 Å². The highest BCUT2D eigenvalue weighted by Gasteiger charge is 2.26. The van der Waals surface area contributed by atoms with Gasteiger partial charge < -0.3 is 4.74 Å². The highest BCUT2D eigenvalue weighted by Crippen LogP contribution is 2.27. The van der Waals surface area contributed by atoms with E-state index < -0.39 is 0 Å². The van der Waals surface area contributed by atoms with Crippen molar-refractivity contribution in [2.45, 2.75) is 6.92 Å². The normalized spacial score (nSPS) is 15.5. The molecule has 0 aromatic heterocycles. The maximum Gasteiger partial charge on any atom is 0.258 e. The molecule has 110 valence electrons. The van der Waals surface area contributed by atoms with Crippen molar-refractivity contribution in [2.24, 2.45) is 0 Å². The quantitative estimate of drug-likeness (QED) is 0.684. The molecule has 0 saturated carbocycles. The second kappa shape index (κ2) is 5.48. The summed E-state index contributed by atoms with van der Waals surface area (Å²) >= 11 is 0. The summed E-state index contributed by atoms with van der Waals surface area (Å²) in [5.74, 6) is 0.0617. The van der Waals surface area contributed by atoms with Gasteiger partial charge in [0, 0.05) is 11.1 Å². The minimum Gasteiger partial charge on any atom is -0.496 e. The van der Waals surface area contributed by atoms with Crippen LogP contribution in [0.15, 0.2) is 42.5 Å². The SMILES string of the molecule is COc1ccc(/C=C2/C(=O)NC(=O)c3ccccc32)cc1C. The second-order valence-corrected chi connectivity index (χ2v) is 5.12. The third-order valence-electron chi connectivity index (χ3n) is 3.66. The Morgan fingerprint density at radius 3 is 2.41 bits per heavy atom. The van der Waals surface area contributed by atoms with E-state index in [4.69, 9.17) is 4.74 Å². The molecule has 2 aromatic rings. The van der Waals surface area contributed by atoms with Gasteiger partial charge in [-0.3, -0.25) is 14.9 Å². The van der Waals surface area contributed by atoms with E-state index in [2.05, 4.69) is 5.32 Å². The molecule has 0 atom stereocenters. The van der Waals surface area contributed by atoms with Crippen molar-refractivity contribution >= 4 is 23.5 Å². The average molecular weight is 293 g/mol. The standard InChI is InChI=1S/C18H15NO3/c1-11-9-12(7-8-16(11)22-2)10-15-13-5-3-4-6-14(13)17(20)19-18(15)21/h3-10H,1-2H3,(H,19,20,21)/b15-10+. The van der Waals surface area contributed by atoms with Gasteiger partial charge in [0.15, 0.2) is 0 Å². The van der Waals surface area contributed by atoms with Crippen LogP contribution in [0.5, 0.6) is 5.75 Å². The zero-order valence-corrected chi connectivity index (χ0v) is 12.3. The Hall–Kier alpha value is -2.88. The van der Waals surface area contributed by atoms with E-state index in [1.165, 1.54) is 0 Å². The van der Waals surface area contributed by atoms with Gasteiger partial charge in [0.1, 0.15) is 5.75 Å². The Morgan fingerprint density at radius 2 is 1.73 bits per heavy atom. The maximum absolute atomic E-state index is 12.2. The molecule has 4 heteroatoms. The molecule has 4 nitrogen and oxygen atoms in total. The molecule has 1 aliphatic rings. The molecule has 0 bridgehead atoms. The van der Waals surface area contributed by atoms with Crippen LogP contribution in [0.1, 0.15) is 27.0 Å². The lowest BCUT2D eigenvalue weighted by Crippen LogP contribution is -2.36. The van der Waals surface area contributed by atoms with Crippen LogP contribution in [0, 0.1) is 6.92 Å². The number of methoxy groups -OCH3 is 1. The molecule has 22 heavy (non-hydrogen) atoms. The molecule has 0 saturated heterocycles. The predicted octanol–water partition coefficient (Wildman–Crippen LogP) is 2.81. The van der Waals surface area contributed by atoms with Crippen LogP contribution < -0.4 is 10.1 Å². The first kappa shape index (κ1) is 14.1. The molecular weight excluding hydrogens is 278 g/mol. The fourth-order valence-corrected chi connectivity index (χ4v) is 2.58. The van der Waals surface area contributed by atoms with Gasteiger partial charge in [-0.1, -0.05) is 24.3 Å². The Kier molecular flexibility index (Phi) is 3.51. The summed E-state index contributed by atoms with van der Waals surface area (Å²) in [4.78, 5) is 24.0. The summed E-state index contributed by atoms with van der Waals surface area (Å²) in [7, 11) is 1.62. The zero-order chi connectivity index (χ0) is 15.7. The fourth-order valence-electron chi connectivity index (χ4n) is 2.58. The number of aryl methyl sites for hydroxylation is 1. The maximum atomic E-state index is 12.2. The van der Waals surface area contributed by atoms with Crippen LogP contribution in [0.4, 0.5) is 0 Å². The topological polar surface area (TPSA) is 55.4 Å². The molecule has 0 spiro atoms. The Bertz CT molecular complexity index is 806. The number of ether oxygens (including phenoxy) is 1. The molecule has 0 aliphatic carbocycles. The van der Waals surface area contributed by atoms with E-state index in [9.17, 15) is 9.59 Å². The average Bonchev–Trinajstić information content (AvgIpc) is 2.51. The summed E-state index contributed by atoms with van der Waals surface area (Å²) < 4.78 is 5.24. The van der Waals surface area contributed by atoms with E-state index >= 15 is 0 Å². The zero-order valence-electron chi connectivity index (χ0n) is 12.3. The summed E-state index contributed by atoms with van der Waals surface area (Å²) in [6.45, 7) is 1.94. The first-order chi connectivity index (χ1) is 10.6. The van der Waals surface area contributed by atoms with Gasteiger partial charge in [0.2, 0.25) is 0 Å². The summed E-state index contributed by atoms with van der Waals surface area (Å²) in [5.41, 5.74) is 3.52. The number of benzene rings is 2. The number of rotatable bonds is 2. The first-order valence-corrected chi connectivity index (χ1v) is 6.91. The Balaban J connectivity index is 2.10. The van der Waals surface area contributed by atoms with Gasteiger partial charge in [-0.25, -0.2) is 0 Å². The van der Waals surface area contributed by atoms with Gasteiger partial charge in [-0.05, 0) is 47.9 Å². The smallest absolute Gasteiger partial charge is 0.258 e. The molecule has 0 radical (unpaired) electrons. The Labute approximate surface area is 128 Å². The van der Waals surface area contributed by atoms with E-state index in [1.807, 2.05) is 31.2 Å². The van der Waals surface area contributed by atoms with Gasteiger partial charge in [-0.15, -0.1) is 0 Å². The number of amides is 2. The fraction of sp³-hybridized carbons (Fsp3) is 0.111. The number of hydrogen-bond acceptors (Lipinski definition) is 3. The van der Waals surface area contributed by atoms with E-state index in [1.54, 1.807) is 31.4 Å². The summed E-state index contributed by atoms with van der Waals surface area (Å²) in [5, 5.41) is 2.37. The molecule has 0 fully saturated rings. The molecular formula is C18H15NO3. The molecule has 1 heterocycles. The predicted molar refractivity (Wildman–Crippen MR) is 84.5 cm³/mol. The van der Waals surface area contributed by atoms with Crippen molar-refractivity contribution in [1.29, 1.82) is 0 Å². The van der Waals surface area contributed by atoms with Crippen LogP contribution in [0.2, 0.25) is 0 Å². The monoisotopic (exact) mass is 293 g/mol. The number of nitrogens with one attached hydrogen (secondary N) is 1. The van der Waals surface area contributed by atoms with Crippen LogP contribution >= 0.6 is 0 Å². The first-order valence-electron chi connectivity index (χ1n) is 6.91. The van der Waals surface area contributed by atoms with Crippen molar-refractivity contribution in [3.8, 4) is 5.75 Å². The number of fused-ring (bicyclic) bond motifs is 1. The molecule has 0 unspecified atom stereocenters. The molecule has 1 N–H and O–H groups in total. The lowest BCUT2D eigenvalue weighted by molar-refractivity contribution is -0.114. The Morgan fingerprint density at radius 1 is 1.00 bits per heavy atom. The molecule has 2 amide bonds. The van der Waals surface area contributed by atoms with Crippen molar-refractivity contribution in [3.05, 3.63) is 64.7 Å². The third-order valence-corrected chi connectivity index (χ3v) is 3.66. The summed E-state index contributed by atoms with van der Waals surface area (Å²) in [6.07, 6.45) is 1.78. The number of hydrogen-bond donors (Lipinski definition) is 1. The van der Waals surface area contributed by atoms with Crippen LogP contribution in [0.25, 0.3) is 11.6 Å². The second-order valence-electron chi connectivity index (χ2n) is 5.12. The highest BCUT2D eigenvalue weighted by molar-refractivity contribution is 6.33. The van der Waals surface area contributed by atoms with Crippen molar-refractivity contribution < 1.29 is 14.3 Å². The minimum absolute atomic E-state index is 0.358. The lowest BCUT2D eigenvalue weighted by atomic mass is 9.93. The number of carbonyl (C=O) groups is 2. The summed E-state index contributed by atoms with van der Waals surface area (Å²) in [6, 6.07) is 12.8. The van der Waals surface area contributed by atoms with Crippen LogP contribution in [-0.4, -0.2) is 18.9 Å². The van der Waals surface area contributed by atoms with Crippen molar-refractivity contribution in [1.82, 2.24) is 5.32 Å². The van der Waals surface area contributed by atoms with Gasteiger partial charge >= 0.3 is 0 Å². The van der Waals surface area contributed by atoms with Gasteiger partial charge in [0.05, 0.1) is 7.11 Å². The van der Waals surface area contributed by atoms with E-state index in [-0.39, 0.29) is 11.8 Å². The molecule has 1 aliphatic heterocycles. The van der Waals surface area contributed by atoms with E-state index in [0.717, 1.165) is 16.9 Å². The van der Waals surface area contributed by atoms with Crippen molar-refractivity contribution in [3.63, 3.8) is 0 Å². The largest absolute Gasteiger partial charge is 0.496 e. The minimum atomic E-state index is -0.378. The van der Waals surface area contributed by atoms with Crippen LogP contribution in [0.3, 0.4) is 0 Å². The number of imide groups is 1. The van der Waals surface area contributed by atoms with Gasteiger partial charge in [-0.2, -0.15) is 0 Å².